The highest BCUT2D eigenvalue weighted by atomic mass is 35.5. The number of ether oxygens (including phenoxy) is 1. The van der Waals surface area contributed by atoms with Gasteiger partial charge in [-0.3, -0.25) is 4.79 Å². The fourth-order valence-electron chi connectivity index (χ4n) is 2.02. The molecule has 0 aliphatic carbocycles. The predicted octanol–water partition coefficient (Wildman–Crippen LogP) is 1.55. The number of benzene rings is 1. The number of carbonyl (C=O) groups excluding carboxylic acids is 1. The molecule has 124 valence electrons. The quantitative estimate of drug-likeness (QED) is 0.707. The van der Waals surface area contributed by atoms with E-state index in [1.54, 1.807) is 48.8 Å². The molecule has 2 aromatic heterocycles. The van der Waals surface area contributed by atoms with Gasteiger partial charge in [0.2, 0.25) is 0 Å². The Morgan fingerprint density at radius 1 is 1.38 bits per heavy atom. The van der Waals surface area contributed by atoms with Crippen LogP contribution in [0.5, 0.6) is 5.75 Å². The van der Waals surface area contributed by atoms with Gasteiger partial charge in [-0.15, -0.1) is 0 Å². The second-order valence-corrected chi connectivity index (χ2v) is 5.52. The summed E-state index contributed by atoms with van der Waals surface area (Å²) in [4.78, 5) is 16.1. The van der Waals surface area contributed by atoms with Crippen molar-refractivity contribution in [3.05, 3.63) is 59.5 Å². The molecule has 0 bridgehead atoms. The fourth-order valence-corrected chi connectivity index (χ4v) is 2.15. The van der Waals surface area contributed by atoms with E-state index >= 15 is 0 Å². The molecule has 0 radical (unpaired) electrons. The number of rotatable bonds is 6. The van der Waals surface area contributed by atoms with Gasteiger partial charge in [-0.25, -0.2) is 9.50 Å². The first-order valence-electron chi connectivity index (χ1n) is 7.27. The number of aromatic nitrogens is 3. The molecule has 2 N–H and O–H groups in total. The van der Waals surface area contributed by atoms with E-state index < -0.39 is 6.10 Å². The van der Waals surface area contributed by atoms with Gasteiger partial charge in [-0.2, -0.15) is 5.10 Å². The number of aliphatic hydroxyl groups is 1. The summed E-state index contributed by atoms with van der Waals surface area (Å²) >= 11 is 5.78. The van der Waals surface area contributed by atoms with E-state index in [0.29, 0.717) is 16.4 Å². The van der Waals surface area contributed by atoms with Gasteiger partial charge < -0.3 is 15.2 Å². The molecule has 0 fully saturated rings. The number of hydrogen-bond acceptors (Lipinski definition) is 5. The van der Waals surface area contributed by atoms with Crippen molar-refractivity contribution in [1.82, 2.24) is 19.9 Å². The smallest absolute Gasteiger partial charge is 0.271 e. The summed E-state index contributed by atoms with van der Waals surface area (Å²) < 4.78 is 6.93. The first kappa shape index (κ1) is 16.2. The van der Waals surface area contributed by atoms with Gasteiger partial charge in [-0.05, 0) is 30.3 Å². The minimum Gasteiger partial charge on any atom is -0.491 e. The number of nitrogens with one attached hydrogen (secondary N) is 1. The lowest BCUT2D eigenvalue weighted by Crippen LogP contribution is -2.35. The summed E-state index contributed by atoms with van der Waals surface area (Å²) in [5.41, 5.74) is 0.814. The maximum atomic E-state index is 12.0. The summed E-state index contributed by atoms with van der Waals surface area (Å²) in [5, 5.41) is 17.2. The van der Waals surface area contributed by atoms with Crippen LogP contribution in [0.2, 0.25) is 5.02 Å². The van der Waals surface area contributed by atoms with Gasteiger partial charge in [0.25, 0.3) is 5.91 Å². The van der Waals surface area contributed by atoms with Gasteiger partial charge in [0.05, 0.1) is 0 Å². The van der Waals surface area contributed by atoms with Crippen molar-refractivity contribution in [2.24, 2.45) is 0 Å². The first-order chi connectivity index (χ1) is 11.6. The van der Waals surface area contributed by atoms with Crippen LogP contribution in [0.15, 0.2) is 48.8 Å². The zero-order valence-electron chi connectivity index (χ0n) is 12.6. The zero-order chi connectivity index (χ0) is 16.9. The van der Waals surface area contributed by atoms with Crippen molar-refractivity contribution in [3.8, 4) is 5.75 Å². The molecule has 24 heavy (non-hydrogen) atoms. The van der Waals surface area contributed by atoms with Crippen LogP contribution >= 0.6 is 11.6 Å². The minimum atomic E-state index is -0.847. The molecule has 1 amide bonds. The molecule has 0 aliphatic rings. The number of halogens is 1. The van der Waals surface area contributed by atoms with Crippen LogP contribution in [0.4, 0.5) is 0 Å². The van der Waals surface area contributed by atoms with Crippen molar-refractivity contribution in [1.29, 1.82) is 0 Å². The van der Waals surface area contributed by atoms with Gasteiger partial charge in [0.1, 0.15) is 18.5 Å². The van der Waals surface area contributed by atoms with Crippen LogP contribution in [0.25, 0.3) is 5.65 Å². The van der Waals surface area contributed by atoms with E-state index in [2.05, 4.69) is 15.4 Å². The topological polar surface area (TPSA) is 88.8 Å². The maximum absolute atomic E-state index is 12.0. The molecular weight excluding hydrogens is 332 g/mol. The largest absolute Gasteiger partial charge is 0.491 e. The minimum absolute atomic E-state index is 0.0493. The molecule has 3 aromatic rings. The summed E-state index contributed by atoms with van der Waals surface area (Å²) in [7, 11) is 0. The highest BCUT2D eigenvalue weighted by Gasteiger charge is 2.13. The molecule has 8 heteroatoms. The van der Waals surface area contributed by atoms with Crippen LogP contribution in [-0.2, 0) is 0 Å². The van der Waals surface area contributed by atoms with Crippen molar-refractivity contribution >= 4 is 23.2 Å². The Morgan fingerprint density at radius 2 is 2.17 bits per heavy atom. The van der Waals surface area contributed by atoms with Crippen LogP contribution in [0, 0.1) is 0 Å². The molecule has 7 nitrogen and oxygen atoms in total. The summed E-state index contributed by atoms with van der Waals surface area (Å²) in [6.07, 6.45) is 2.48. The highest BCUT2D eigenvalue weighted by molar-refractivity contribution is 6.30. The highest BCUT2D eigenvalue weighted by Crippen LogP contribution is 2.15. The van der Waals surface area contributed by atoms with E-state index in [0.717, 1.165) is 0 Å². The standard InChI is InChI=1S/C16H15ClN4O3/c17-11-2-4-13(5-3-11)24-10-12(22)9-19-16(23)14-8-15-18-6-1-7-21(15)20-14/h1-8,12,22H,9-10H2,(H,19,23)/t12-/m0/s1. The average molecular weight is 347 g/mol. The van der Waals surface area contributed by atoms with E-state index in [9.17, 15) is 9.90 Å². The Labute approximate surface area is 142 Å². The number of nitrogens with zero attached hydrogens (tertiary/aromatic N) is 3. The third-order valence-corrected chi connectivity index (χ3v) is 3.48. The second kappa shape index (κ2) is 7.29. The van der Waals surface area contributed by atoms with Crippen LogP contribution in [0.3, 0.4) is 0 Å². The van der Waals surface area contributed by atoms with E-state index in [-0.39, 0.29) is 24.8 Å². The number of hydrogen-bond donors (Lipinski definition) is 2. The number of aliphatic hydroxyl groups excluding tert-OH is 1. The normalized spacial score (nSPS) is 12.1. The Kier molecular flexibility index (Phi) is 4.93. The molecule has 1 atom stereocenters. The zero-order valence-corrected chi connectivity index (χ0v) is 13.3. The number of fused-ring (bicyclic) bond motifs is 1. The monoisotopic (exact) mass is 346 g/mol. The maximum Gasteiger partial charge on any atom is 0.271 e. The summed E-state index contributed by atoms with van der Waals surface area (Å²) in [6, 6.07) is 10.1. The van der Waals surface area contributed by atoms with Crippen LogP contribution in [0.1, 0.15) is 10.5 Å². The Balaban J connectivity index is 1.49. The van der Waals surface area contributed by atoms with E-state index in [4.69, 9.17) is 16.3 Å². The molecule has 0 spiro atoms. The molecule has 0 saturated carbocycles. The lowest BCUT2D eigenvalue weighted by molar-refractivity contribution is 0.0839. The molecular formula is C16H15ClN4O3. The number of carbonyl (C=O) groups is 1. The van der Waals surface area contributed by atoms with Gasteiger partial charge >= 0.3 is 0 Å². The summed E-state index contributed by atoms with van der Waals surface area (Å²) in [5.74, 6) is 0.210. The lowest BCUT2D eigenvalue weighted by Gasteiger charge is -2.12. The fraction of sp³-hybridized carbons (Fsp3) is 0.188. The molecule has 0 saturated heterocycles. The predicted molar refractivity (Wildman–Crippen MR) is 88.3 cm³/mol. The molecule has 0 unspecified atom stereocenters. The van der Waals surface area contributed by atoms with Gasteiger partial charge in [-0.1, -0.05) is 11.6 Å². The SMILES string of the molecule is O=C(NC[C@H](O)COc1ccc(Cl)cc1)c1cc2ncccn2n1. The molecule has 1 aromatic carbocycles. The number of amides is 1. The van der Waals surface area contributed by atoms with Gasteiger partial charge in [0, 0.05) is 30.0 Å². The third-order valence-electron chi connectivity index (χ3n) is 3.22. The van der Waals surface area contributed by atoms with Crippen molar-refractivity contribution < 1.29 is 14.6 Å². The third kappa shape index (κ3) is 4.01. The summed E-state index contributed by atoms with van der Waals surface area (Å²) in [6.45, 7) is 0.0996. The second-order valence-electron chi connectivity index (χ2n) is 5.08. The van der Waals surface area contributed by atoms with Gasteiger partial charge in [0.15, 0.2) is 11.3 Å². The Hall–Kier alpha value is -2.64. The molecule has 2 heterocycles. The van der Waals surface area contributed by atoms with Crippen LogP contribution < -0.4 is 10.1 Å². The average Bonchev–Trinajstić information content (AvgIpc) is 3.03. The first-order valence-corrected chi connectivity index (χ1v) is 7.64. The van der Waals surface area contributed by atoms with Crippen molar-refractivity contribution in [2.75, 3.05) is 13.2 Å². The van der Waals surface area contributed by atoms with Crippen molar-refractivity contribution in [2.45, 2.75) is 6.10 Å². The van der Waals surface area contributed by atoms with Crippen molar-refractivity contribution in [3.63, 3.8) is 0 Å². The Bertz CT molecular complexity index is 802. The van der Waals surface area contributed by atoms with E-state index in [1.165, 1.54) is 4.52 Å². The molecule has 0 aliphatic heterocycles. The van der Waals surface area contributed by atoms with Crippen LogP contribution in [-0.4, -0.2) is 44.9 Å². The lowest BCUT2D eigenvalue weighted by atomic mass is 10.3. The molecule has 3 rings (SSSR count). The Morgan fingerprint density at radius 3 is 2.92 bits per heavy atom. The van der Waals surface area contributed by atoms with E-state index in [1.807, 2.05) is 0 Å².